The second kappa shape index (κ2) is 9.56. The monoisotopic (exact) mass is 479 g/mol. The second-order valence-electron chi connectivity index (χ2n) is 7.95. The highest BCUT2D eigenvalue weighted by molar-refractivity contribution is 7.14. The fraction of sp³-hybridized carbons (Fsp3) is 0.304. The highest BCUT2D eigenvalue weighted by atomic mass is 32.1. The zero-order chi connectivity index (χ0) is 24.4. The summed E-state index contributed by atoms with van der Waals surface area (Å²) >= 11 is 1.31. The fourth-order valence-corrected chi connectivity index (χ4v) is 4.23. The molecular weight excluding hydrogens is 454 g/mol. The standard InChI is InChI=1S/C23H25N7O3S/c1-12-8-13(2)26-22(25-12)30-15(4)18(14(3)29-30)9-21(32)28-23-27-19(11-34-23)20-7-6-17(33-20)10-24-16(5)31/h6-8,11H,9-10H2,1-5H3,(H,24,31)(H,27,28,32). The van der Waals surface area contributed by atoms with E-state index < -0.39 is 0 Å². The van der Waals surface area contributed by atoms with E-state index in [9.17, 15) is 9.59 Å². The predicted molar refractivity (Wildman–Crippen MR) is 128 cm³/mol. The van der Waals surface area contributed by atoms with Gasteiger partial charge in [-0.05, 0) is 45.9 Å². The summed E-state index contributed by atoms with van der Waals surface area (Å²) in [5.41, 5.74) is 4.71. The van der Waals surface area contributed by atoms with Crippen LogP contribution < -0.4 is 10.6 Å². The van der Waals surface area contributed by atoms with E-state index in [4.69, 9.17) is 4.42 Å². The Labute approximate surface area is 200 Å². The van der Waals surface area contributed by atoms with Crippen LogP contribution in [0.25, 0.3) is 17.4 Å². The van der Waals surface area contributed by atoms with Crippen LogP contribution >= 0.6 is 11.3 Å². The molecule has 0 atom stereocenters. The summed E-state index contributed by atoms with van der Waals surface area (Å²) in [6, 6.07) is 5.47. The van der Waals surface area contributed by atoms with Crippen LogP contribution in [0.4, 0.5) is 5.13 Å². The molecule has 4 heterocycles. The summed E-state index contributed by atoms with van der Waals surface area (Å²) in [5, 5.41) is 12.4. The number of aromatic nitrogens is 5. The molecule has 0 saturated carbocycles. The van der Waals surface area contributed by atoms with Gasteiger partial charge in [0, 0.05) is 34.9 Å². The van der Waals surface area contributed by atoms with Crippen LogP contribution in [-0.2, 0) is 22.6 Å². The number of amides is 2. The number of aryl methyl sites for hydroxylation is 3. The number of carbonyl (C=O) groups is 2. The quantitative estimate of drug-likeness (QED) is 0.416. The first-order valence-electron chi connectivity index (χ1n) is 10.7. The number of hydrogen-bond acceptors (Lipinski definition) is 8. The third-order valence-corrected chi connectivity index (χ3v) is 5.87. The van der Waals surface area contributed by atoms with Crippen LogP contribution in [0.15, 0.2) is 28.0 Å². The number of carbonyl (C=O) groups excluding carboxylic acids is 2. The molecule has 0 fully saturated rings. The number of hydrogen-bond donors (Lipinski definition) is 2. The van der Waals surface area contributed by atoms with Gasteiger partial charge in [-0.25, -0.2) is 19.6 Å². The smallest absolute Gasteiger partial charge is 0.251 e. The Morgan fingerprint density at radius 3 is 2.53 bits per heavy atom. The lowest BCUT2D eigenvalue weighted by atomic mass is 10.1. The Balaban J connectivity index is 1.44. The van der Waals surface area contributed by atoms with Crippen LogP contribution in [-0.4, -0.2) is 36.5 Å². The molecule has 0 aliphatic carbocycles. The van der Waals surface area contributed by atoms with Crippen LogP contribution in [0.5, 0.6) is 0 Å². The van der Waals surface area contributed by atoms with Crippen molar-refractivity contribution in [2.45, 2.75) is 47.6 Å². The van der Waals surface area contributed by atoms with Crippen molar-refractivity contribution >= 4 is 28.3 Å². The summed E-state index contributed by atoms with van der Waals surface area (Å²) < 4.78 is 7.40. The molecule has 0 unspecified atom stereocenters. The van der Waals surface area contributed by atoms with Gasteiger partial charge in [-0.2, -0.15) is 5.10 Å². The molecule has 11 heteroatoms. The van der Waals surface area contributed by atoms with E-state index in [0.29, 0.717) is 34.8 Å². The first-order valence-corrected chi connectivity index (χ1v) is 11.5. The topological polar surface area (TPSA) is 128 Å². The highest BCUT2D eigenvalue weighted by Crippen LogP contribution is 2.27. The maximum Gasteiger partial charge on any atom is 0.251 e. The van der Waals surface area contributed by atoms with Crippen LogP contribution in [0.2, 0.25) is 0 Å². The molecular formula is C23H25N7O3S. The molecule has 0 aromatic carbocycles. The predicted octanol–water partition coefficient (Wildman–Crippen LogP) is 3.43. The third kappa shape index (κ3) is 5.20. The van der Waals surface area contributed by atoms with Crippen molar-refractivity contribution in [3.63, 3.8) is 0 Å². The largest absolute Gasteiger partial charge is 0.458 e. The minimum atomic E-state index is -0.196. The van der Waals surface area contributed by atoms with Crippen LogP contribution in [0.3, 0.4) is 0 Å². The van der Waals surface area contributed by atoms with E-state index >= 15 is 0 Å². The summed E-state index contributed by atoms with van der Waals surface area (Å²) in [4.78, 5) is 37.2. The van der Waals surface area contributed by atoms with Crippen molar-refractivity contribution in [3.8, 4) is 17.4 Å². The molecule has 4 rings (SSSR count). The van der Waals surface area contributed by atoms with Gasteiger partial charge in [0.25, 0.3) is 5.95 Å². The lowest BCUT2D eigenvalue weighted by Crippen LogP contribution is -2.18. The zero-order valence-corrected chi connectivity index (χ0v) is 20.4. The average Bonchev–Trinajstić information content (AvgIpc) is 3.47. The molecule has 0 aliphatic heterocycles. The van der Waals surface area contributed by atoms with E-state index in [0.717, 1.165) is 28.3 Å². The first kappa shape index (κ1) is 23.3. The van der Waals surface area contributed by atoms with Gasteiger partial charge in [0.15, 0.2) is 10.9 Å². The van der Waals surface area contributed by atoms with E-state index in [-0.39, 0.29) is 18.2 Å². The molecule has 34 heavy (non-hydrogen) atoms. The van der Waals surface area contributed by atoms with Gasteiger partial charge >= 0.3 is 0 Å². The molecule has 0 saturated heterocycles. The van der Waals surface area contributed by atoms with Gasteiger partial charge in [0.1, 0.15) is 11.5 Å². The fourth-order valence-electron chi connectivity index (χ4n) is 3.52. The van der Waals surface area contributed by atoms with Crippen molar-refractivity contribution in [1.29, 1.82) is 0 Å². The van der Waals surface area contributed by atoms with Crippen LogP contribution in [0.1, 0.15) is 41.0 Å². The van der Waals surface area contributed by atoms with Crippen molar-refractivity contribution < 1.29 is 14.0 Å². The number of nitrogens with one attached hydrogen (secondary N) is 2. The van der Waals surface area contributed by atoms with E-state index in [1.165, 1.54) is 18.3 Å². The average molecular weight is 480 g/mol. The van der Waals surface area contributed by atoms with Crippen molar-refractivity contribution in [1.82, 2.24) is 30.0 Å². The van der Waals surface area contributed by atoms with E-state index in [1.54, 1.807) is 16.8 Å². The SMILES string of the molecule is CC(=O)NCc1ccc(-c2csc(NC(=O)Cc3c(C)nn(-c4nc(C)cc(C)n4)c3C)n2)o1. The number of thiazole rings is 1. The molecule has 176 valence electrons. The molecule has 0 spiro atoms. The summed E-state index contributed by atoms with van der Waals surface area (Å²) in [5.74, 6) is 1.36. The van der Waals surface area contributed by atoms with Crippen molar-refractivity contribution in [2.75, 3.05) is 5.32 Å². The number of anilines is 1. The minimum Gasteiger partial charge on any atom is -0.458 e. The lowest BCUT2D eigenvalue weighted by molar-refractivity contribution is -0.119. The Morgan fingerprint density at radius 2 is 1.82 bits per heavy atom. The van der Waals surface area contributed by atoms with Crippen molar-refractivity contribution in [3.05, 3.63) is 57.7 Å². The molecule has 4 aromatic rings. The van der Waals surface area contributed by atoms with E-state index in [2.05, 4.69) is 30.7 Å². The van der Waals surface area contributed by atoms with Gasteiger partial charge in [-0.15, -0.1) is 11.3 Å². The second-order valence-corrected chi connectivity index (χ2v) is 8.81. The first-order chi connectivity index (χ1) is 16.2. The zero-order valence-electron chi connectivity index (χ0n) is 19.6. The number of furan rings is 1. The molecule has 10 nitrogen and oxygen atoms in total. The minimum absolute atomic E-state index is 0.130. The van der Waals surface area contributed by atoms with Crippen molar-refractivity contribution in [2.24, 2.45) is 0 Å². The lowest BCUT2D eigenvalue weighted by Gasteiger charge is -2.06. The third-order valence-electron chi connectivity index (χ3n) is 5.11. The van der Waals surface area contributed by atoms with Gasteiger partial charge in [0.2, 0.25) is 11.8 Å². The summed E-state index contributed by atoms with van der Waals surface area (Å²) in [7, 11) is 0. The summed E-state index contributed by atoms with van der Waals surface area (Å²) in [6.45, 7) is 9.35. The van der Waals surface area contributed by atoms with Gasteiger partial charge in [-0.3, -0.25) is 9.59 Å². The Hall–Kier alpha value is -3.86. The highest BCUT2D eigenvalue weighted by Gasteiger charge is 2.19. The molecule has 2 N–H and O–H groups in total. The molecule has 4 aromatic heterocycles. The normalized spacial score (nSPS) is 11.0. The number of nitrogens with zero attached hydrogens (tertiary/aromatic N) is 5. The molecule has 2 amide bonds. The number of rotatable bonds is 7. The molecule has 0 radical (unpaired) electrons. The van der Waals surface area contributed by atoms with Gasteiger partial charge in [-0.1, -0.05) is 0 Å². The van der Waals surface area contributed by atoms with Crippen LogP contribution in [0, 0.1) is 27.7 Å². The maximum atomic E-state index is 12.8. The molecule has 0 aliphatic rings. The summed E-state index contributed by atoms with van der Waals surface area (Å²) in [6.07, 6.45) is 0.152. The maximum absolute atomic E-state index is 12.8. The van der Waals surface area contributed by atoms with Gasteiger partial charge in [0.05, 0.1) is 18.7 Å². The van der Waals surface area contributed by atoms with Gasteiger partial charge < -0.3 is 15.1 Å². The Morgan fingerprint density at radius 1 is 1.09 bits per heavy atom. The Kier molecular flexibility index (Phi) is 6.55. The van der Waals surface area contributed by atoms with E-state index in [1.807, 2.05) is 39.1 Å². The Bertz CT molecular complexity index is 1350. The molecule has 0 bridgehead atoms.